The second-order valence-corrected chi connectivity index (χ2v) is 10.6. The fraction of sp³-hybridized carbons (Fsp3) is 0.267. The van der Waals surface area contributed by atoms with Gasteiger partial charge in [0.15, 0.2) is 0 Å². The number of aromatic nitrogens is 2. The number of nitrogens with zero attached hydrogens (tertiary/aromatic N) is 2. The number of nitrogens with one attached hydrogen (secondary N) is 1. The number of rotatable bonds is 8. The number of thioether (sulfide) groups is 1. The highest BCUT2D eigenvalue weighted by atomic mass is 32.2. The van der Waals surface area contributed by atoms with Gasteiger partial charge in [0, 0.05) is 21.6 Å². The highest BCUT2D eigenvalue weighted by Crippen LogP contribution is 2.25. The minimum Gasteiger partial charge on any atom is -0.480 e. The molecule has 0 amide bonds. The molecule has 3 aromatic carbocycles. The van der Waals surface area contributed by atoms with Gasteiger partial charge in [-0.05, 0) is 60.5 Å². The first-order chi connectivity index (χ1) is 18.1. The van der Waals surface area contributed by atoms with Crippen LogP contribution in [0.2, 0.25) is 0 Å². The Morgan fingerprint density at radius 3 is 2.11 bits per heavy atom. The lowest BCUT2D eigenvalue weighted by Crippen LogP contribution is -2.35. The molecule has 0 spiro atoms. The maximum absolute atomic E-state index is 11.1. The standard InChI is InChI=1S/C19H19N3O3S.C11H14O/c1-20-16(19(23)24)11-12-3-5-13(6-4-12)17-21-18(25-22-17)14-7-9-15(26-2)10-8-14;1-11(2,3)10-6-4-9(8-12)5-7-10/h3-10,16,20H,11H2,1-2H3,(H,23,24);4-8H,1-3H3. The molecule has 38 heavy (non-hydrogen) atoms. The molecular weight excluding hydrogens is 498 g/mol. The van der Waals surface area contributed by atoms with Gasteiger partial charge in [-0.25, -0.2) is 0 Å². The van der Waals surface area contributed by atoms with Crippen LogP contribution in [0.5, 0.6) is 0 Å². The van der Waals surface area contributed by atoms with E-state index in [-0.39, 0.29) is 5.41 Å². The van der Waals surface area contributed by atoms with Gasteiger partial charge in [-0.1, -0.05) is 74.5 Å². The van der Waals surface area contributed by atoms with Crippen LogP contribution in [0.25, 0.3) is 22.8 Å². The summed E-state index contributed by atoms with van der Waals surface area (Å²) < 4.78 is 5.37. The third kappa shape index (κ3) is 7.87. The predicted molar refractivity (Wildman–Crippen MR) is 152 cm³/mol. The first-order valence-electron chi connectivity index (χ1n) is 12.2. The van der Waals surface area contributed by atoms with Crippen molar-refractivity contribution < 1.29 is 19.2 Å². The van der Waals surface area contributed by atoms with Gasteiger partial charge in [-0.2, -0.15) is 4.98 Å². The van der Waals surface area contributed by atoms with E-state index < -0.39 is 12.0 Å². The number of likely N-dealkylation sites (N-methyl/N-ethyl adjacent to an activating group) is 1. The zero-order valence-electron chi connectivity index (χ0n) is 22.3. The quantitative estimate of drug-likeness (QED) is 0.206. The van der Waals surface area contributed by atoms with Crippen molar-refractivity contribution in [1.82, 2.24) is 15.5 Å². The minimum atomic E-state index is -0.869. The SMILES string of the molecule is CC(C)(C)c1ccc(C=O)cc1.CNC(Cc1ccc(-c2noc(-c3ccc(SC)cc3)n2)cc1)C(=O)O. The molecule has 0 saturated carbocycles. The van der Waals surface area contributed by atoms with Crippen molar-refractivity contribution in [3.63, 3.8) is 0 Å². The molecule has 1 unspecified atom stereocenters. The van der Waals surface area contributed by atoms with Crippen LogP contribution in [-0.4, -0.2) is 46.8 Å². The van der Waals surface area contributed by atoms with E-state index in [9.17, 15) is 9.59 Å². The van der Waals surface area contributed by atoms with E-state index in [0.29, 0.717) is 18.1 Å². The summed E-state index contributed by atoms with van der Waals surface area (Å²) in [4.78, 5) is 27.1. The summed E-state index contributed by atoms with van der Waals surface area (Å²) in [6, 6.07) is 22.5. The number of benzene rings is 3. The summed E-state index contributed by atoms with van der Waals surface area (Å²) in [7, 11) is 1.64. The Kier molecular flexibility index (Phi) is 9.98. The lowest BCUT2D eigenvalue weighted by molar-refractivity contribution is -0.139. The lowest BCUT2D eigenvalue weighted by Gasteiger charge is -2.18. The Labute approximate surface area is 227 Å². The van der Waals surface area contributed by atoms with E-state index in [0.717, 1.165) is 28.5 Å². The van der Waals surface area contributed by atoms with Gasteiger partial charge in [-0.15, -0.1) is 11.8 Å². The van der Waals surface area contributed by atoms with E-state index in [1.807, 2.05) is 79.1 Å². The zero-order valence-corrected chi connectivity index (χ0v) is 23.1. The second kappa shape index (κ2) is 13.2. The number of hydrogen-bond donors (Lipinski definition) is 2. The molecule has 0 aliphatic carbocycles. The molecule has 2 N–H and O–H groups in total. The van der Waals surface area contributed by atoms with Gasteiger partial charge in [0.25, 0.3) is 5.89 Å². The fourth-order valence-corrected chi connectivity index (χ4v) is 4.00. The Morgan fingerprint density at radius 1 is 1.00 bits per heavy atom. The number of carbonyl (C=O) groups is 2. The zero-order chi connectivity index (χ0) is 27.7. The molecule has 0 bridgehead atoms. The summed E-state index contributed by atoms with van der Waals surface area (Å²) in [5.74, 6) is 0.105. The molecule has 0 fully saturated rings. The molecule has 198 valence electrons. The van der Waals surface area contributed by atoms with E-state index in [1.54, 1.807) is 18.8 Å². The molecule has 0 radical (unpaired) electrons. The maximum Gasteiger partial charge on any atom is 0.321 e. The minimum absolute atomic E-state index is 0.168. The number of carbonyl (C=O) groups excluding carboxylic acids is 1. The average molecular weight is 532 g/mol. The summed E-state index contributed by atoms with van der Waals surface area (Å²) in [6.45, 7) is 6.47. The van der Waals surface area contributed by atoms with E-state index in [4.69, 9.17) is 9.63 Å². The van der Waals surface area contributed by atoms with Crippen LogP contribution < -0.4 is 5.32 Å². The summed E-state index contributed by atoms with van der Waals surface area (Å²) in [6.07, 6.45) is 3.30. The van der Waals surface area contributed by atoms with Crippen molar-refractivity contribution in [2.24, 2.45) is 0 Å². The van der Waals surface area contributed by atoms with Crippen molar-refractivity contribution in [3.8, 4) is 22.8 Å². The fourth-order valence-electron chi connectivity index (χ4n) is 3.59. The van der Waals surface area contributed by atoms with Crippen LogP contribution in [0.4, 0.5) is 0 Å². The second-order valence-electron chi connectivity index (χ2n) is 9.72. The largest absolute Gasteiger partial charge is 0.480 e. The Bertz CT molecular complexity index is 1330. The molecule has 8 heteroatoms. The Hall–Kier alpha value is -3.75. The third-order valence-corrected chi connectivity index (χ3v) is 6.72. The van der Waals surface area contributed by atoms with Gasteiger partial charge >= 0.3 is 5.97 Å². The molecular formula is C30H33N3O4S. The molecule has 0 saturated heterocycles. The molecule has 0 aliphatic heterocycles. The predicted octanol–water partition coefficient (Wildman–Crippen LogP) is 6.14. The van der Waals surface area contributed by atoms with Crippen molar-refractivity contribution in [1.29, 1.82) is 0 Å². The van der Waals surface area contributed by atoms with Gasteiger partial charge in [0.05, 0.1) is 0 Å². The van der Waals surface area contributed by atoms with Crippen LogP contribution >= 0.6 is 11.8 Å². The Morgan fingerprint density at radius 2 is 1.61 bits per heavy atom. The maximum atomic E-state index is 11.1. The van der Waals surface area contributed by atoms with E-state index >= 15 is 0 Å². The Balaban J connectivity index is 0.000000279. The number of aldehydes is 1. The topological polar surface area (TPSA) is 105 Å². The molecule has 4 rings (SSSR count). The molecule has 7 nitrogen and oxygen atoms in total. The van der Waals surface area contributed by atoms with E-state index in [1.165, 1.54) is 10.5 Å². The first-order valence-corrected chi connectivity index (χ1v) is 13.4. The molecule has 4 aromatic rings. The van der Waals surface area contributed by atoms with Crippen molar-refractivity contribution in [2.75, 3.05) is 13.3 Å². The first kappa shape index (κ1) is 28.8. The normalized spacial score (nSPS) is 11.8. The van der Waals surface area contributed by atoms with Gasteiger partial charge in [-0.3, -0.25) is 9.59 Å². The number of aliphatic carboxylic acids is 1. The van der Waals surface area contributed by atoms with Crippen molar-refractivity contribution in [3.05, 3.63) is 89.5 Å². The van der Waals surface area contributed by atoms with Crippen LogP contribution in [-0.2, 0) is 16.6 Å². The molecule has 1 heterocycles. The summed E-state index contributed by atoms with van der Waals surface area (Å²) >= 11 is 1.68. The lowest BCUT2D eigenvalue weighted by atomic mass is 9.87. The van der Waals surface area contributed by atoms with Gasteiger partial charge in [0.1, 0.15) is 12.3 Å². The van der Waals surface area contributed by atoms with Crippen molar-refractivity contribution in [2.45, 2.75) is 43.5 Å². The van der Waals surface area contributed by atoms with Crippen LogP contribution in [0, 0.1) is 0 Å². The monoisotopic (exact) mass is 531 g/mol. The van der Waals surface area contributed by atoms with Crippen LogP contribution in [0.15, 0.2) is 82.2 Å². The molecule has 1 aromatic heterocycles. The summed E-state index contributed by atoms with van der Waals surface area (Å²) in [5.41, 5.74) is 4.78. The van der Waals surface area contributed by atoms with E-state index in [2.05, 4.69) is 36.2 Å². The molecule has 1 atom stereocenters. The molecule has 0 aliphatic rings. The third-order valence-electron chi connectivity index (χ3n) is 5.97. The van der Waals surface area contributed by atoms with Gasteiger partial charge < -0.3 is 14.9 Å². The van der Waals surface area contributed by atoms with Crippen LogP contribution in [0.1, 0.15) is 42.3 Å². The number of hydrogen-bond acceptors (Lipinski definition) is 7. The van der Waals surface area contributed by atoms with Crippen LogP contribution in [0.3, 0.4) is 0 Å². The smallest absolute Gasteiger partial charge is 0.321 e. The number of carboxylic acids is 1. The highest BCUT2D eigenvalue weighted by Gasteiger charge is 2.16. The van der Waals surface area contributed by atoms with Crippen molar-refractivity contribution >= 4 is 24.0 Å². The average Bonchev–Trinajstić information content (AvgIpc) is 3.42. The highest BCUT2D eigenvalue weighted by molar-refractivity contribution is 7.98. The van der Waals surface area contributed by atoms with Gasteiger partial charge in [0.2, 0.25) is 5.82 Å². The number of carboxylic acid groups (broad SMARTS) is 1. The summed E-state index contributed by atoms with van der Waals surface area (Å²) in [5, 5.41) is 15.9.